The van der Waals surface area contributed by atoms with Crippen molar-refractivity contribution in [1.29, 1.82) is 0 Å². The molecule has 0 atom stereocenters. The lowest BCUT2D eigenvalue weighted by Gasteiger charge is -2.18. The van der Waals surface area contributed by atoms with Crippen LogP contribution < -0.4 is 15.4 Å². The molecule has 3 heterocycles. The quantitative estimate of drug-likeness (QED) is 0.696. The topological polar surface area (TPSA) is 84.7 Å². The largest absolute Gasteiger partial charge is 0.482 e. The Morgan fingerprint density at radius 1 is 1.35 bits per heavy atom. The van der Waals surface area contributed by atoms with Crippen LogP contribution in [0.3, 0.4) is 0 Å². The number of nitrogens with zero attached hydrogens (tertiary/aromatic N) is 2. The number of hydrogen-bond acceptors (Lipinski definition) is 4. The van der Waals surface area contributed by atoms with Crippen molar-refractivity contribution in [3.63, 3.8) is 0 Å². The molecule has 0 saturated heterocycles. The van der Waals surface area contributed by atoms with Crippen molar-refractivity contribution in [3.8, 4) is 5.75 Å². The minimum absolute atomic E-state index is 0.0124. The minimum Gasteiger partial charge on any atom is -0.482 e. The van der Waals surface area contributed by atoms with Crippen LogP contribution in [0.25, 0.3) is 11.7 Å². The second-order valence-corrected chi connectivity index (χ2v) is 5.95. The van der Waals surface area contributed by atoms with Crippen molar-refractivity contribution in [2.45, 2.75) is 0 Å². The first-order valence-electron chi connectivity index (χ1n) is 7.78. The molecule has 0 aliphatic carbocycles. The van der Waals surface area contributed by atoms with E-state index in [-0.39, 0.29) is 18.4 Å². The number of halogens is 1. The second-order valence-electron chi connectivity index (χ2n) is 5.59. The van der Waals surface area contributed by atoms with Crippen molar-refractivity contribution < 1.29 is 14.3 Å². The van der Waals surface area contributed by atoms with E-state index in [1.807, 2.05) is 24.4 Å². The molecule has 8 heteroatoms. The van der Waals surface area contributed by atoms with Crippen LogP contribution in [0.2, 0.25) is 5.15 Å². The predicted octanol–water partition coefficient (Wildman–Crippen LogP) is 2.97. The zero-order valence-electron chi connectivity index (χ0n) is 13.4. The van der Waals surface area contributed by atoms with Crippen LogP contribution in [-0.4, -0.2) is 27.8 Å². The highest BCUT2D eigenvalue weighted by Crippen LogP contribution is 2.30. The molecule has 0 unspecified atom stereocenters. The first-order chi connectivity index (χ1) is 12.6. The first-order valence-corrected chi connectivity index (χ1v) is 8.16. The standard InChI is InChI=1S/C18H13ClN4O3/c19-18-13(23-8-2-1-3-15(23)22-18)5-7-16(24)20-11-4-6-14-12(9-11)21-17(25)10-26-14/h1-9H,10H2,(H,20,24)(H,21,25)/b7-5+. The molecule has 1 aromatic carbocycles. The molecule has 130 valence electrons. The van der Waals surface area contributed by atoms with Crippen LogP contribution in [0.15, 0.2) is 48.7 Å². The summed E-state index contributed by atoms with van der Waals surface area (Å²) in [6, 6.07) is 10.6. The van der Waals surface area contributed by atoms with Crippen molar-refractivity contribution >= 4 is 46.5 Å². The second kappa shape index (κ2) is 6.53. The van der Waals surface area contributed by atoms with Crippen LogP contribution in [0.1, 0.15) is 5.69 Å². The van der Waals surface area contributed by atoms with Gasteiger partial charge in [-0.1, -0.05) is 17.7 Å². The number of pyridine rings is 1. The molecule has 1 aliphatic heterocycles. The lowest BCUT2D eigenvalue weighted by Crippen LogP contribution is -2.25. The molecule has 4 rings (SSSR count). The number of aromatic nitrogens is 2. The van der Waals surface area contributed by atoms with E-state index in [9.17, 15) is 9.59 Å². The highest BCUT2D eigenvalue weighted by Gasteiger charge is 2.16. The Balaban J connectivity index is 1.52. The number of nitrogens with one attached hydrogen (secondary N) is 2. The van der Waals surface area contributed by atoms with Crippen molar-refractivity contribution in [1.82, 2.24) is 9.38 Å². The van der Waals surface area contributed by atoms with E-state index in [2.05, 4.69) is 15.6 Å². The molecule has 1 aliphatic rings. The van der Waals surface area contributed by atoms with Gasteiger partial charge in [0.1, 0.15) is 11.4 Å². The fraction of sp³-hybridized carbons (Fsp3) is 0.0556. The number of carbonyl (C=O) groups is 2. The zero-order valence-corrected chi connectivity index (χ0v) is 14.2. The summed E-state index contributed by atoms with van der Waals surface area (Å²) in [5, 5.41) is 5.74. The van der Waals surface area contributed by atoms with E-state index in [4.69, 9.17) is 16.3 Å². The summed E-state index contributed by atoms with van der Waals surface area (Å²) in [4.78, 5) is 27.8. The monoisotopic (exact) mass is 368 g/mol. The number of anilines is 2. The molecule has 7 nitrogen and oxygen atoms in total. The minimum atomic E-state index is -0.338. The van der Waals surface area contributed by atoms with Crippen molar-refractivity contribution in [2.75, 3.05) is 17.2 Å². The van der Waals surface area contributed by atoms with E-state index in [1.165, 1.54) is 6.08 Å². The van der Waals surface area contributed by atoms with E-state index in [1.54, 1.807) is 28.7 Å². The molecule has 26 heavy (non-hydrogen) atoms. The summed E-state index contributed by atoms with van der Waals surface area (Å²) in [6.07, 6.45) is 4.79. The van der Waals surface area contributed by atoms with Gasteiger partial charge in [0.2, 0.25) is 5.91 Å². The molecule has 2 amide bonds. The Labute approximate surface area is 153 Å². The van der Waals surface area contributed by atoms with Crippen LogP contribution in [0, 0.1) is 0 Å². The lowest BCUT2D eigenvalue weighted by atomic mass is 10.2. The maximum Gasteiger partial charge on any atom is 0.262 e. The van der Waals surface area contributed by atoms with Gasteiger partial charge in [-0.05, 0) is 36.4 Å². The van der Waals surface area contributed by atoms with Gasteiger partial charge < -0.3 is 15.4 Å². The van der Waals surface area contributed by atoms with Gasteiger partial charge in [0.15, 0.2) is 11.8 Å². The number of benzene rings is 1. The Kier molecular flexibility index (Phi) is 4.06. The average molecular weight is 369 g/mol. The molecule has 0 fully saturated rings. The number of fused-ring (bicyclic) bond motifs is 2. The van der Waals surface area contributed by atoms with Gasteiger partial charge in [-0.25, -0.2) is 4.98 Å². The van der Waals surface area contributed by atoms with E-state index in [0.29, 0.717) is 33.6 Å². The number of hydrogen-bond donors (Lipinski definition) is 2. The van der Waals surface area contributed by atoms with Crippen molar-refractivity contribution in [3.05, 3.63) is 59.5 Å². The maximum atomic E-state index is 12.2. The van der Waals surface area contributed by atoms with Crippen LogP contribution in [0.5, 0.6) is 5.75 Å². The van der Waals surface area contributed by atoms with Gasteiger partial charge in [0.05, 0.1) is 11.4 Å². The lowest BCUT2D eigenvalue weighted by molar-refractivity contribution is -0.118. The summed E-state index contributed by atoms with van der Waals surface area (Å²) < 4.78 is 7.07. The van der Waals surface area contributed by atoms with E-state index < -0.39 is 0 Å². The fourth-order valence-electron chi connectivity index (χ4n) is 2.63. The van der Waals surface area contributed by atoms with Gasteiger partial charge in [-0.2, -0.15) is 0 Å². The normalized spacial score (nSPS) is 13.3. The third kappa shape index (κ3) is 3.12. The van der Waals surface area contributed by atoms with Crippen LogP contribution in [0.4, 0.5) is 11.4 Å². The number of carbonyl (C=O) groups excluding carboxylic acids is 2. The number of amides is 2. The molecule has 0 radical (unpaired) electrons. The molecule has 0 bridgehead atoms. The van der Waals surface area contributed by atoms with E-state index >= 15 is 0 Å². The Morgan fingerprint density at radius 3 is 3.12 bits per heavy atom. The molecule has 0 spiro atoms. The maximum absolute atomic E-state index is 12.2. The first kappa shape index (κ1) is 16.2. The summed E-state index contributed by atoms with van der Waals surface area (Å²) in [5.41, 5.74) is 2.37. The Hall–Kier alpha value is -3.32. The van der Waals surface area contributed by atoms with Gasteiger partial charge in [0, 0.05) is 18.0 Å². The Morgan fingerprint density at radius 2 is 2.23 bits per heavy atom. The summed E-state index contributed by atoms with van der Waals surface area (Å²) in [7, 11) is 0. The summed E-state index contributed by atoms with van der Waals surface area (Å²) in [5.74, 6) is -0.00581. The molecule has 0 saturated carbocycles. The number of imidazole rings is 1. The molecule has 3 aromatic rings. The summed E-state index contributed by atoms with van der Waals surface area (Å²) in [6.45, 7) is -0.0124. The molecular weight excluding hydrogens is 356 g/mol. The summed E-state index contributed by atoms with van der Waals surface area (Å²) >= 11 is 6.14. The Bertz CT molecular complexity index is 1060. The average Bonchev–Trinajstić information content (AvgIpc) is 2.94. The van der Waals surface area contributed by atoms with Gasteiger partial charge >= 0.3 is 0 Å². The number of rotatable bonds is 3. The molecular formula is C18H13ClN4O3. The zero-order chi connectivity index (χ0) is 18.1. The van der Waals surface area contributed by atoms with Gasteiger partial charge in [-0.15, -0.1) is 0 Å². The molecule has 2 aromatic heterocycles. The smallest absolute Gasteiger partial charge is 0.262 e. The van der Waals surface area contributed by atoms with Gasteiger partial charge in [-0.3, -0.25) is 14.0 Å². The fourth-order valence-corrected chi connectivity index (χ4v) is 2.88. The van der Waals surface area contributed by atoms with Crippen LogP contribution >= 0.6 is 11.6 Å². The third-order valence-electron chi connectivity index (χ3n) is 3.79. The number of ether oxygens (including phenoxy) is 1. The highest BCUT2D eigenvalue weighted by molar-refractivity contribution is 6.31. The van der Waals surface area contributed by atoms with E-state index in [0.717, 1.165) is 0 Å². The van der Waals surface area contributed by atoms with Crippen molar-refractivity contribution in [2.24, 2.45) is 0 Å². The highest BCUT2D eigenvalue weighted by atomic mass is 35.5. The molecule has 2 N–H and O–H groups in total. The third-order valence-corrected chi connectivity index (χ3v) is 4.07. The van der Waals surface area contributed by atoms with Gasteiger partial charge in [0.25, 0.3) is 5.91 Å². The predicted molar refractivity (Wildman–Crippen MR) is 98.4 cm³/mol. The SMILES string of the molecule is O=C(/C=C/c1c(Cl)nc2ccccn12)Nc1ccc2c(c1)NC(=O)CO2. The van der Waals surface area contributed by atoms with Crippen LogP contribution in [-0.2, 0) is 9.59 Å².